The maximum absolute atomic E-state index is 13.0. The Bertz CT molecular complexity index is 596. The fraction of sp³-hybridized carbons (Fsp3) is 0.722. The number of nitrogens with zero attached hydrogens (tertiary/aromatic N) is 4. The minimum atomic E-state index is -0.144. The molecule has 6 heteroatoms. The van der Waals surface area contributed by atoms with Gasteiger partial charge >= 0.3 is 0 Å². The van der Waals surface area contributed by atoms with Gasteiger partial charge in [0.05, 0.1) is 18.5 Å². The molecule has 0 bridgehead atoms. The Kier molecular flexibility index (Phi) is 4.29. The first-order valence-electron chi connectivity index (χ1n) is 9.26. The van der Waals surface area contributed by atoms with E-state index in [-0.39, 0.29) is 23.8 Å². The molecule has 6 nitrogen and oxygen atoms in total. The van der Waals surface area contributed by atoms with E-state index in [1.54, 1.807) is 6.20 Å². The molecule has 24 heavy (non-hydrogen) atoms. The summed E-state index contributed by atoms with van der Waals surface area (Å²) in [6, 6.07) is 2.12. The monoisotopic (exact) mass is 330 g/mol. The first-order chi connectivity index (χ1) is 11.7. The van der Waals surface area contributed by atoms with Gasteiger partial charge in [-0.2, -0.15) is 5.10 Å². The fourth-order valence-electron chi connectivity index (χ4n) is 4.07. The molecule has 0 spiro atoms. The van der Waals surface area contributed by atoms with Gasteiger partial charge in [0.2, 0.25) is 11.8 Å². The van der Waals surface area contributed by atoms with Gasteiger partial charge in [-0.3, -0.25) is 14.3 Å². The number of piperidine rings is 1. The molecule has 0 N–H and O–H groups in total. The van der Waals surface area contributed by atoms with E-state index in [0.717, 1.165) is 38.9 Å². The highest BCUT2D eigenvalue weighted by Crippen LogP contribution is 2.33. The number of hydrogen-bond donors (Lipinski definition) is 0. The molecule has 2 atom stereocenters. The Balaban J connectivity index is 1.40. The van der Waals surface area contributed by atoms with E-state index in [4.69, 9.17) is 0 Å². The lowest BCUT2D eigenvalue weighted by Crippen LogP contribution is -2.48. The lowest BCUT2D eigenvalue weighted by Gasteiger charge is -2.37. The predicted octanol–water partition coefficient (Wildman–Crippen LogP) is 1.52. The Morgan fingerprint density at radius 1 is 1.21 bits per heavy atom. The molecule has 3 aliphatic rings. The van der Waals surface area contributed by atoms with Crippen LogP contribution < -0.4 is 0 Å². The van der Waals surface area contributed by atoms with Crippen molar-refractivity contribution in [1.82, 2.24) is 19.6 Å². The Morgan fingerprint density at radius 2 is 2.08 bits per heavy atom. The lowest BCUT2D eigenvalue weighted by atomic mass is 9.98. The molecule has 0 unspecified atom stereocenters. The zero-order chi connectivity index (χ0) is 16.5. The van der Waals surface area contributed by atoms with Gasteiger partial charge in [0.15, 0.2) is 0 Å². The van der Waals surface area contributed by atoms with Crippen LogP contribution in [0.2, 0.25) is 0 Å². The van der Waals surface area contributed by atoms with E-state index in [1.165, 1.54) is 12.8 Å². The summed E-state index contributed by atoms with van der Waals surface area (Å²) < 4.78 is 1.91. The molecular weight excluding hydrogens is 304 g/mol. The molecule has 130 valence electrons. The third kappa shape index (κ3) is 3.32. The molecule has 0 radical (unpaired) electrons. The molecule has 3 heterocycles. The average molecular weight is 330 g/mol. The Labute approximate surface area is 142 Å². The van der Waals surface area contributed by atoms with E-state index >= 15 is 0 Å². The molecule has 2 aliphatic heterocycles. The van der Waals surface area contributed by atoms with Crippen LogP contribution in [0.1, 0.15) is 38.5 Å². The summed E-state index contributed by atoms with van der Waals surface area (Å²) >= 11 is 0. The minimum absolute atomic E-state index is 0.144. The molecule has 2 amide bonds. The predicted molar refractivity (Wildman–Crippen MR) is 89.0 cm³/mol. The van der Waals surface area contributed by atoms with Crippen molar-refractivity contribution in [2.75, 3.05) is 19.6 Å². The maximum atomic E-state index is 13.0. The lowest BCUT2D eigenvalue weighted by molar-refractivity contribution is -0.139. The summed E-state index contributed by atoms with van der Waals surface area (Å²) in [6.45, 7) is 3.06. The number of carbonyl (C=O) groups is 2. The Morgan fingerprint density at radius 3 is 2.83 bits per heavy atom. The molecule has 4 rings (SSSR count). The number of carbonyl (C=O) groups excluding carboxylic acids is 2. The first kappa shape index (κ1) is 15.7. The molecule has 2 saturated heterocycles. The van der Waals surface area contributed by atoms with Crippen molar-refractivity contribution < 1.29 is 9.59 Å². The third-order valence-electron chi connectivity index (χ3n) is 5.61. The van der Waals surface area contributed by atoms with E-state index < -0.39 is 0 Å². The molecule has 1 saturated carbocycles. The molecule has 0 aromatic carbocycles. The number of rotatable bonds is 5. The van der Waals surface area contributed by atoms with Crippen LogP contribution in [0.3, 0.4) is 0 Å². The van der Waals surface area contributed by atoms with Crippen LogP contribution in [0, 0.1) is 11.8 Å². The van der Waals surface area contributed by atoms with Crippen molar-refractivity contribution in [3.8, 4) is 0 Å². The van der Waals surface area contributed by atoms with Crippen molar-refractivity contribution in [2.24, 2.45) is 11.8 Å². The summed E-state index contributed by atoms with van der Waals surface area (Å²) in [6.07, 6.45) is 9.85. The zero-order valence-electron chi connectivity index (χ0n) is 14.1. The van der Waals surface area contributed by atoms with Gasteiger partial charge in [0, 0.05) is 38.4 Å². The third-order valence-corrected chi connectivity index (χ3v) is 5.61. The van der Waals surface area contributed by atoms with E-state index in [0.29, 0.717) is 18.9 Å². The average Bonchev–Trinajstić information content (AvgIpc) is 3.11. The topological polar surface area (TPSA) is 58.4 Å². The van der Waals surface area contributed by atoms with Crippen LogP contribution in [0.5, 0.6) is 0 Å². The normalized spacial score (nSPS) is 27.8. The molecular formula is C18H26N4O2. The summed E-state index contributed by atoms with van der Waals surface area (Å²) in [4.78, 5) is 29.2. The van der Waals surface area contributed by atoms with Gasteiger partial charge in [-0.25, -0.2) is 0 Å². The second-order valence-electron chi connectivity index (χ2n) is 7.55. The van der Waals surface area contributed by atoms with Crippen molar-refractivity contribution in [1.29, 1.82) is 0 Å². The highest BCUT2D eigenvalue weighted by molar-refractivity contribution is 5.89. The minimum Gasteiger partial charge on any atom is -0.342 e. The second-order valence-corrected chi connectivity index (χ2v) is 7.55. The molecule has 1 aromatic heterocycles. The van der Waals surface area contributed by atoms with E-state index in [2.05, 4.69) is 5.10 Å². The van der Waals surface area contributed by atoms with Crippen LogP contribution in [-0.4, -0.2) is 57.1 Å². The van der Waals surface area contributed by atoms with Crippen LogP contribution in [-0.2, 0) is 16.1 Å². The molecule has 1 aromatic rings. The highest BCUT2D eigenvalue weighted by Gasteiger charge is 2.40. The van der Waals surface area contributed by atoms with Crippen molar-refractivity contribution in [3.05, 3.63) is 18.5 Å². The van der Waals surface area contributed by atoms with E-state index in [1.807, 2.05) is 26.7 Å². The zero-order valence-corrected chi connectivity index (χ0v) is 14.1. The summed E-state index contributed by atoms with van der Waals surface area (Å²) in [7, 11) is 0. The van der Waals surface area contributed by atoms with Gasteiger partial charge in [-0.05, 0) is 44.1 Å². The van der Waals surface area contributed by atoms with Crippen LogP contribution in [0.25, 0.3) is 0 Å². The second kappa shape index (κ2) is 6.57. The van der Waals surface area contributed by atoms with Crippen LogP contribution in [0.4, 0.5) is 0 Å². The standard InChI is InChI=1S/C18H26N4O2/c23-17-10-15(12-20(17)11-14-5-6-14)18(24)22-9-2-1-4-16(22)13-21-8-3-7-19-21/h3,7-8,14-16H,1-2,4-6,9-13H2/t15-,16-/m1/s1. The highest BCUT2D eigenvalue weighted by atomic mass is 16.2. The van der Waals surface area contributed by atoms with Gasteiger partial charge in [0.1, 0.15) is 0 Å². The summed E-state index contributed by atoms with van der Waals surface area (Å²) in [5.41, 5.74) is 0. The van der Waals surface area contributed by atoms with Crippen molar-refractivity contribution in [3.63, 3.8) is 0 Å². The Hall–Kier alpha value is -1.85. The number of aromatic nitrogens is 2. The van der Waals surface area contributed by atoms with Gasteiger partial charge < -0.3 is 9.80 Å². The SMILES string of the molecule is O=C1C[C@@H](C(=O)N2CCCC[C@@H]2Cn2cccn2)CN1CC1CC1. The number of likely N-dealkylation sites (tertiary alicyclic amines) is 2. The summed E-state index contributed by atoms with van der Waals surface area (Å²) in [5, 5.41) is 4.28. The maximum Gasteiger partial charge on any atom is 0.228 e. The summed E-state index contributed by atoms with van der Waals surface area (Å²) in [5.74, 6) is 0.888. The van der Waals surface area contributed by atoms with E-state index in [9.17, 15) is 9.59 Å². The number of hydrogen-bond acceptors (Lipinski definition) is 3. The van der Waals surface area contributed by atoms with Crippen LogP contribution >= 0.6 is 0 Å². The van der Waals surface area contributed by atoms with Crippen LogP contribution in [0.15, 0.2) is 18.5 Å². The largest absolute Gasteiger partial charge is 0.342 e. The van der Waals surface area contributed by atoms with Gasteiger partial charge in [-0.15, -0.1) is 0 Å². The van der Waals surface area contributed by atoms with Gasteiger partial charge in [0.25, 0.3) is 0 Å². The number of amides is 2. The van der Waals surface area contributed by atoms with Crippen molar-refractivity contribution >= 4 is 11.8 Å². The first-order valence-corrected chi connectivity index (χ1v) is 9.26. The molecule has 3 fully saturated rings. The quantitative estimate of drug-likeness (QED) is 0.822. The fourth-order valence-corrected chi connectivity index (χ4v) is 4.07. The van der Waals surface area contributed by atoms with Crippen molar-refractivity contribution in [2.45, 2.75) is 51.1 Å². The van der Waals surface area contributed by atoms with Gasteiger partial charge in [-0.1, -0.05) is 0 Å². The molecule has 1 aliphatic carbocycles. The smallest absolute Gasteiger partial charge is 0.228 e.